The summed E-state index contributed by atoms with van der Waals surface area (Å²) < 4.78 is 30.4. The Labute approximate surface area is 526 Å². The summed E-state index contributed by atoms with van der Waals surface area (Å²) >= 11 is 0. The summed E-state index contributed by atoms with van der Waals surface area (Å²) in [6.07, 6.45) is 85.6. The van der Waals surface area contributed by atoms with Crippen LogP contribution < -0.4 is 10.2 Å². The molecule has 0 fully saturated rings. The van der Waals surface area contributed by atoms with Crippen molar-refractivity contribution in [1.29, 1.82) is 0 Å². The number of unbranched alkanes of at least 4 members (excludes halogenated alkanes) is 37. The number of nitrogens with zero attached hydrogens (tertiary/aromatic N) is 1. The largest absolute Gasteiger partial charge is 0.756 e. The van der Waals surface area contributed by atoms with E-state index in [1.165, 1.54) is 199 Å². The van der Waals surface area contributed by atoms with Crippen LogP contribution in [-0.2, 0) is 27.9 Å². The van der Waals surface area contributed by atoms with E-state index < -0.39 is 26.6 Å². The summed E-state index contributed by atoms with van der Waals surface area (Å²) in [6, 6.07) is -0.897. The molecule has 1 N–H and O–H groups in total. The van der Waals surface area contributed by atoms with Gasteiger partial charge in [0.25, 0.3) is 7.82 Å². The van der Waals surface area contributed by atoms with Gasteiger partial charge in [0.2, 0.25) is 5.91 Å². The van der Waals surface area contributed by atoms with Crippen LogP contribution in [0.1, 0.15) is 329 Å². The molecule has 0 rings (SSSR count). The lowest BCUT2D eigenvalue weighted by atomic mass is 10.0. The van der Waals surface area contributed by atoms with Crippen LogP contribution in [0.4, 0.5) is 0 Å². The molecule has 0 aliphatic heterocycles. The fraction of sp³-hybridized carbons (Fsp3) is 0.787. The number of nitrogens with one attached hydrogen (secondary N) is 1. The van der Waals surface area contributed by atoms with E-state index in [0.29, 0.717) is 17.4 Å². The van der Waals surface area contributed by atoms with E-state index in [2.05, 4.69) is 99.0 Å². The summed E-state index contributed by atoms with van der Waals surface area (Å²) in [5.41, 5.74) is 0. The number of ether oxygens (including phenoxy) is 1. The molecule has 0 spiro atoms. The number of allylic oxidation sites excluding steroid dienone is 13. The molecule has 3 unspecified atom stereocenters. The number of carbonyl (C=O) groups is 2. The van der Waals surface area contributed by atoms with Crippen molar-refractivity contribution in [3.05, 3.63) is 85.1 Å². The molecule has 0 aromatic rings. The van der Waals surface area contributed by atoms with E-state index in [4.69, 9.17) is 13.8 Å². The molecular formula is C75H137N2O7P. The summed E-state index contributed by atoms with van der Waals surface area (Å²) in [6.45, 7) is 6.81. The average Bonchev–Trinajstić information content (AvgIpc) is 3.62. The first-order valence-electron chi connectivity index (χ1n) is 35.9. The minimum atomic E-state index is -4.71. The van der Waals surface area contributed by atoms with Gasteiger partial charge in [-0.2, -0.15) is 0 Å². The lowest BCUT2D eigenvalue weighted by Crippen LogP contribution is -2.47. The number of rotatable bonds is 65. The van der Waals surface area contributed by atoms with Gasteiger partial charge < -0.3 is 28.5 Å². The van der Waals surface area contributed by atoms with Crippen LogP contribution in [-0.4, -0.2) is 69.4 Å². The van der Waals surface area contributed by atoms with Crippen molar-refractivity contribution in [2.24, 2.45) is 0 Å². The van der Waals surface area contributed by atoms with Crippen molar-refractivity contribution in [1.82, 2.24) is 5.32 Å². The van der Waals surface area contributed by atoms with E-state index >= 15 is 0 Å². The van der Waals surface area contributed by atoms with Crippen LogP contribution in [0.25, 0.3) is 0 Å². The molecule has 0 aliphatic carbocycles. The second kappa shape index (κ2) is 64.2. The summed E-state index contributed by atoms with van der Waals surface area (Å²) in [5, 5.41) is 3.04. The maximum absolute atomic E-state index is 13.6. The van der Waals surface area contributed by atoms with Crippen LogP contribution in [0, 0.1) is 0 Å². The zero-order chi connectivity index (χ0) is 62.1. The van der Waals surface area contributed by atoms with Gasteiger partial charge in [0, 0.05) is 12.8 Å². The quantitative estimate of drug-likeness (QED) is 0.0212. The van der Waals surface area contributed by atoms with Gasteiger partial charge in [-0.3, -0.25) is 14.2 Å². The van der Waals surface area contributed by atoms with Gasteiger partial charge in [0.1, 0.15) is 19.3 Å². The summed E-state index contributed by atoms with van der Waals surface area (Å²) in [4.78, 5) is 40.2. The Hall–Kier alpha value is -2.81. The normalized spacial score (nSPS) is 14.0. The number of hydrogen-bond donors (Lipinski definition) is 1. The van der Waals surface area contributed by atoms with Gasteiger partial charge in [0.15, 0.2) is 0 Å². The van der Waals surface area contributed by atoms with Crippen molar-refractivity contribution in [3.8, 4) is 0 Å². The molecule has 0 aromatic carbocycles. The minimum Gasteiger partial charge on any atom is -0.756 e. The fourth-order valence-electron chi connectivity index (χ4n) is 10.2. The van der Waals surface area contributed by atoms with Gasteiger partial charge in [-0.25, -0.2) is 0 Å². The minimum absolute atomic E-state index is 0.0263. The molecule has 0 aliphatic rings. The molecule has 0 bridgehead atoms. The molecule has 0 radical (unpaired) electrons. The topological polar surface area (TPSA) is 114 Å². The zero-order valence-electron chi connectivity index (χ0n) is 56.6. The number of likely N-dealkylation sites (N-methyl/N-ethyl adjacent to an activating group) is 1. The number of amides is 1. The Morgan fingerprint density at radius 1 is 0.412 bits per heavy atom. The van der Waals surface area contributed by atoms with E-state index in [9.17, 15) is 19.0 Å². The maximum atomic E-state index is 13.6. The van der Waals surface area contributed by atoms with E-state index in [1.54, 1.807) is 0 Å². The number of esters is 1. The van der Waals surface area contributed by atoms with Gasteiger partial charge in [-0.15, -0.1) is 0 Å². The summed E-state index contributed by atoms with van der Waals surface area (Å²) in [7, 11) is 1.18. The van der Waals surface area contributed by atoms with Crippen LogP contribution in [0.15, 0.2) is 85.1 Å². The Kier molecular flexibility index (Phi) is 62.1. The third-order valence-corrected chi connectivity index (χ3v) is 16.8. The maximum Gasteiger partial charge on any atom is 0.306 e. The molecule has 85 heavy (non-hydrogen) atoms. The smallest absolute Gasteiger partial charge is 0.306 e. The monoisotopic (exact) mass is 1210 g/mol. The van der Waals surface area contributed by atoms with E-state index in [-0.39, 0.29) is 24.9 Å². The highest BCUT2D eigenvalue weighted by Gasteiger charge is 2.27. The first-order valence-corrected chi connectivity index (χ1v) is 37.4. The first-order chi connectivity index (χ1) is 41.4. The number of quaternary nitrogens is 1. The summed E-state index contributed by atoms with van der Waals surface area (Å²) in [5.74, 6) is -0.547. The third-order valence-electron chi connectivity index (χ3n) is 15.8. The average molecular weight is 1210 g/mol. The van der Waals surface area contributed by atoms with Gasteiger partial charge >= 0.3 is 5.97 Å². The van der Waals surface area contributed by atoms with Gasteiger partial charge in [0.05, 0.1) is 33.8 Å². The standard InChI is InChI=1S/C75H137N2O7P/c1-7-10-13-16-19-22-25-27-29-31-33-35-37-38-40-41-43-45-47-49-52-55-58-61-64-67-74(78)76-72(71-83-85(80,81)82-70-69-77(4,5)6)73(66-63-60-57-54-51-24-21-18-15-12-9-3)84-75(79)68-65-62-59-56-53-50-48-46-44-42-39-36-34-32-30-28-26-23-20-17-14-11-8-2/h19-20,22-23,27-30,34,36,42,44,63,66,72-73H,7-18,21,24-26,31-33,35,37-41,43,45-62,64-65,67-71H2,1-6H3,(H-,76,78,80,81)/b22-19-,23-20-,29-27-,30-28-,36-34-,44-42-,66-63+. The van der Waals surface area contributed by atoms with Crippen LogP contribution >= 0.6 is 7.82 Å². The molecule has 494 valence electrons. The van der Waals surface area contributed by atoms with Crippen LogP contribution in [0.3, 0.4) is 0 Å². The number of hydrogen-bond acceptors (Lipinski definition) is 7. The molecule has 0 saturated heterocycles. The van der Waals surface area contributed by atoms with Crippen molar-refractivity contribution in [3.63, 3.8) is 0 Å². The molecule has 0 saturated carbocycles. The molecular weight excluding hydrogens is 1070 g/mol. The molecule has 0 aromatic heterocycles. The third kappa shape index (κ3) is 65.5. The zero-order valence-corrected chi connectivity index (χ0v) is 57.4. The van der Waals surface area contributed by atoms with Crippen molar-refractivity contribution in [2.75, 3.05) is 40.9 Å². The lowest BCUT2D eigenvalue weighted by molar-refractivity contribution is -0.870. The predicted molar refractivity (Wildman–Crippen MR) is 367 cm³/mol. The molecule has 3 atom stereocenters. The van der Waals surface area contributed by atoms with Gasteiger partial charge in [-0.1, -0.05) is 292 Å². The Morgan fingerprint density at radius 2 is 0.718 bits per heavy atom. The first kappa shape index (κ1) is 82.2. The fourth-order valence-corrected chi connectivity index (χ4v) is 11.0. The molecule has 1 amide bonds. The highest BCUT2D eigenvalue weighted by Crippen LogP contribution is 2.38. The Balaban J connectivity index is 5.03. The molecule has 9 nitrogen and oxygen atoms in total. The van der Waals surface area contributed by atoms with Crippen LogP contribution in [0.5, 0.6) is 0 Å². The lowest BCUT2D eigenvalue weighted by Gasteiger charge is -2.30. The second-order valence-corrected chi connectivity index (χ2v) is 26.8. The number of phosphoric acid groups is 1. The second-order valence-electron chi connectivity index (χ2n) is 25.4. The SMILES string of the molecule is CCCCC/C=C\C/C=C\C/C=C\C/C=C\CCCCCCCCCC(=O)OC(/C=C/CCCCCCCCCCC)C(COP(=O)([O-])OCC[N+](C)(C)C)NC(=O)CCCCCCCCCCCCCCCCC/C=C\C/C=C\CCCCC. The van der Waals surface area contributed by atoms with Gasteiger partial charge in [-0.05, 0) is 109 Å². The van der Waals surface area contributed by atoms with Crippen molar-refractivity contribution in [2.45, 2.75) is 341 Å². The number of phosphoric ester groups is 1. The van der Waals surface area contributed by atoms with Crippen LogP contribution in [0.2, 0.25) is 0 Å². The van der Waals surface area contributed by atoms with Crippen molar-refractivity contribution >= 4 is 19.7 Å². The highest BCUT2D eigenvalue weighted by molar-refractivity contribution is 7.45. The number of carbonyl (C=O) groups excluding carboxylic acids is 2. The molecule has 10 heteroatoms. The van der Waals surface area contributed by atoms with Crippen molar-refractivity contribution < 1.29 is 37.3 Å². The van der Waals surface area contributed by atoms with E-state index in [0.717, 1.165) is 96.3 Å². The Bertz CT molecular complexity index is 1730. The predicted octanol–water partition coefficient (Wildman–Crippen LogP) is 22.3. The van der Waals surface area contributed by atoms with E-state index in [1.807, 2.05) is 33.3 Å². The Morgan fingerprint density at radius 3 is 1.09 bits per heavy atom. The highest BCUT2D eigenvalue weighted by atomic mass is 31.2. The molecule has 0 heterocycles.